The third kappa shape index (κ3) is 2.95. The van der Waals surface area contributed by atoms with Gasteiger partial charge in [0, 0.05) is 12.6 Å². The number of hydrogen-bond acceptors (Lipinski definition) is 7. The van der Waals surface area contributed by atoms with Crippen LogP contribution >= 0.6 is 0 Å². The van der Waals surface area contributed by atoms with E-state index in [0.29, 0.717) is 10.9 Å². The number of nitrogens with zero attached hydrogens (tertiary/aromatic N) is 2. The summed E-state index contributed by atoms with van der Waals surface area (Å²) in [6, 6.07) is 2.47. The Morgan fingerprint density at radius 1 is 1.32 bits per heavy atom. The molecule has 1 aromatic heterocycles. The zero-order valence-corrected chi connectivity index (χ0v) is 12.2. The summed E-state index contributed by atoms with van der Waals surface area (Å²) in [5, 5.41) is 19.6. The summed E-state index contributed by atoms with van der Waals surface area (Å²) in [5.41, 5.74) is -0.324. The van der Waals surface area contributed by atoms with E-state index in [1.807, 2.05) is 0 Å². The Hall–Kier alpha value is -2.77. The summed E-state index contributed by atoms with van der Waals surface area (Å²) in [4.78, 5) is 27.2. The Labute approximate surface area is 125 Å². The number of ether oxygens (including phenoxy) is 2. The first kappa shape index (κ1) is 15.6. The van der Waals surface area contributed by atoms with Gasteiger partial charge in [-0.3, -0.25) is 9.36 Å². The van der Waals surface area contributed by atoms with Gasteiger partial charge in [0.25, 0.3) is 0 Å². The van der Waals surface area contributed by atoms with Gasteiger partial charge < -0.3 is 19.7 Å². The average Bonchev–Trinajstić information content (AvgIpc) is 2.48. The molecule has 2 N–H and O–H groups in total. The fourth-order valence-electron chi connectivity index (χ4n) is 2.08. The van der Waals surface area contributed by atoms with Crippen LogP contribution in [-0.4, -0.2) is 39.5 Å². The Balaban J connectivity index is 2.53. The standard InChI is InChI=1S/C14H16N2O6/c1-3-22-12(19)4-5-16-9-7-11(18)10(17)6-8(9)13(21-2)15-14(16)20/h6-7,17-18H,3-5H2,1-2H3. The van der Waals surface area contributed by atoms with Crippen molar-refractivity contribution in [1.29, 1.82) is 0 Å². The molecule has 0 bridgehead atoms. The molecule has 8 heteroatoms. The van der Waals surface area contributed by atoms with Crippen LogP contribution < -0.4 is 10.4 Å². The third-order valence-electron chi connectivity index (χ3n) is 3.08. The highest BCUT2D eigenvalue weighted by molar-refractivity contribution is 5.87. The van der Waals surface area contributed by atoms with Gasteiger partial charge in [0.05, 0.1) is 31.0 Å². The fraction of sp³-hybridized carbons (Fsp3) is 0.357. The van der Waals surface area contributed by atoms with E-state index in [1.54, 1.807) is 6.92 Å². The van der Waals surface area contributed by atoms with Gasteiger partial charge in [0.15, 0.2) is 11.5 Å². The Morgan fingerprint density at radius 2 is 2.00 bits per heavy atom. The van der Waals surface area contributed by atoms with E-state index in [-0.39, 0.29) is 37.0 Å². The molecule has 2 rings (SSSR count). The van der Waals surface area contributed by atoms with E-state index in [0.717, 1.165) is 0 Å². The molecule has 8 nitrogen and oxygen atoms in total. The molecule has 0 saturated carbocycles. The number of aryl methyl sites for hydroxylation is 1. The van der Waals surface area contributed by atoms with Crippen molar-refractivity contribution in [1.82, 2.24) is 9.55 Å². The van der Waals surface area contributed by atoms with Gasteiger partial charge in [-0.1, -0.05) is 0 Å². The number of aromatic hydroxyl groups is 2. The largest absolute Gasteiger partial charge is 0.504 e. The summed E-state index contributed by atoms with van der Waals surface area (Å²) in [7, 11) is 1.34. The molecule has 0 fully saturated rings. The summed E-state index contributed by atoms with van der Waals surface area (Å²) < 4.78 is 11.0. The first-order valence-corrected chi connectivity index (χ1v) is 6.64. The van der Waals surface area contributed by atoms with E-state index in [4.69, 9.17) is 9.47 Å². The maximum Gasteiger partial charge on any atom is 0.351 e. The number of methoxy groups -OCH3 is 1. The van der Waals surface area contributed by atoms with Crippen molar-refractivity contribution in [2.24, 2.45) is 0 Å². The van der Waals surface area contributed by atoms with Crippen LogP contribution in [0.25, 0.3) is 10.9 Å². The van der Waals surface area contributed by atoms with Crippen LogP contribution in [0.1, 0.15) is 13.3 Å². The molecule has 2 aromatic rings. The molecule has 0 aliphatic heterocycles. The van der Waals surface area contributed by atoms with Gasteiger partial charge in [-0.2, -0.15) is 4.98 Å². The van der Waals surface area contributed by atoms with Gasteiger partial charge in [0.2, 0.25) is 5.88 Å². The lowest BCUT2D eigenvalue weighted by molar-refractivity contribution is -0.143. The molecule has 0 radical (unpaired) electrons. The van der Waals surface area contributed by atoms with Crippen LogP contribution in [0.5, 0.6) is 17.4 Å². The van der Waals surface area contributed by atoms with E-state index in [2.05, 4.69) is 4.98 Å². The van der Waals surface area contributed by atoms with Gasteiger partial charge >= 0.3 is 11.7 Å². The SMILES string of the molecule is CCOC(=O)CCn1c(=O)nc(OC)c2cc(O)c(O)cc21. The maximum absolute atomic E-state index is 12.1. The monoisotopic (exact) mass is 308 g/mol. The minimum absolute atomic E-state index is 0.0154. The normalized spacial score (nSPS) is 10.6. The molecule has 0 unspecified atom stereocenters. The second kappa shape index (κ2) is 6.33. The summed E-state index contributed by atoms with van der Waals surface area (Å²) in [5.74, 6) is -1.16. The number of esters is 1. The highest BCUT2D eigenvalue weighted by Gasteiger charge is 2.15. The molecule has 0 aliphatic rings. The van der Waals surface area contributed by atoms with Crippen LogP contribution in [0.15, 0.2) is 16.9 Å². The number of hydrogen-bond donors (Lipinski definition) is 2. The zero-order valence-electron chi connectivity index (χ0n) is 12.2. The number of fused-ring (bicyclic) bond motifs is 1. The predicted molar refractivity (Wildman–Crippen MR) is 77.1 cm³/mol. The quantitative estimate of drug-likeness (QED) is 0.620. The topological polar surface area (TPSA) is 111 Å². The maximum atomic E-state index is 12.1. The van der Waals surface area contributed by atoms with E-state index < -0.39 is 11.7 Å². The first-order chi connectivity index (χ1) is 10.5. The number of benzene rings is 1. The number of aromatic nitrogens is 2. The molecular formula is C14H16N2O6. The number of phenols is 2. The lowest BCUT2D eigenvalue weighted by atomic mass is 10.2. The van der Waals surface area contributed by atoms with Crippen molar-refractivity contribution in [2.45, 2.75) is 19.9 Å². The Bertz CT molecular complexity index is 768. The van der Waals surface area contributed by atoms with Crippen LogP contribution in [0.2, 0.25) is 0 Å². The molecule has 1 aromatic carbocycles. The second-order valence-corrected chi connectivity index (χ2v) is 4.47. The van der Waals surface area contributed by atoms with Crippen molar-refractivity contribution in [3.8, 4) is 17.4 Å². The minimum Gasteiger partial charge on any atom is -0.504 e. The van der Waals surface area contributed by atoms with E-state index in [9.17, 15) is 19.8 Å². The number of rotatable bonds is 5. The molecule has 0 spiro atoms. The number of phenolic OH excluding ortho intramolecular Hbond substituents is 2. The highest BCUT2D eigenvalue weighted by Crippen LogP contribution is 2.33. The van der Waals surface area contributed by atoms with Crippen molar-refractivity contribution >= 4 is 16.9 Å². The predicted octanol–water partition coefficient (Wildman–Crippen LogP) is 0.769. The van der Waals surface area contributed by atoms with Crippen molar-refractivity contribution in [3.05, 3.63) is 22.6 Å². The lowest BCUT2D eigenvalue weighted by Crippen LogP contribution is -2.25. The highest BCUT2D eigenvalue weighted by atomic mass is 16.5. The molecule has 1 heterocycles. The van der Waals surface area contributed by atoms with Crippen molar-refractivity contribution in [3.63, 3.8) is 0 Å². The van der Waals surface area contributed by atoms with Gasteiger partial charge in [-0.25, -0.2) is 4.79 Å². The Morgan fingerprint density at radius 3 is 2.64 bits per heavy atom. The van der Waals surface area contributed by atoms with Crippen LogP contribution in [0.3, 0.4) is 0 Å². The first-order valence-electron chi connectivity index (χ1n) is 6.64. The van der Waals surface area contributed by atoms with Crippen LogP contribution in [0, 0.1) is 0 Å². The summed E-state index contributed by atoms with van der Waals surface area (Å²) in [6.07, 6.45) is -0.0154. The second-order valence-electron chi connectivity index (χ2n) is 4.47. The third-order valence-corrected chi connectivity index (χ3v) is 3.08. The molecule has 0 atom stereocenters. The van der Waals surface area contributed by atoms with Gasteiger partial charge in [0.1, 0.15) is 0 Å². The molecule has 0 aliphatic carbocycles. The molecule has 22 heavy (non-hydrogen) atoms. The number of carbonyl (C=O) groups excluding carboxylic acids is 1. The summed E-state index contributed by atoms with van der Waals surface area (Å²) in [6.45, 7) is 1.98. The average molecular weight is 308 g/mol. The van der Waals surface area contributed by atoms with Crippen LogP contribution in [-0.2, 0) is 16.1 Å². The van der Waals surface area contributed by atoms with Gasteiger partial charge in [-0.05, 0) is 13.0 Å². The summed E-state index contributed by atoms with van der Waals surface area (Å²) >= 11 is 0. The fourth-order valence-corrected chi connectivity index (χ4v) is 2.08. The zero-order chi connectivity index (χ0) is 16.3. The van der Waals surface area contributed by atoms with E-state index >= 15 is 0 Å². The molecular weight excluding hydrogens is 292 g/mol. The van der Waals surface area contributed by atoms with E-state index in [1.165, 1.54) is 23.8 Å². The number of carbonyl (C=O) groups is 1. The lowest BCUT2D eigenvalue weighted by Gasteiger charge is -2.12. The van der Waals surface area contributed by atoms with Crippen molar-refractivity contribution < 1.29 is 24.5 Å². The molecule has 0 saturated heterocycles. The Kier molecular flexibility index (Phi) is 4.50. The van der Waals surface area contributed by atoms with Crippen LogP contribution in [0.4, 0.5) is 0 Å². The molecule has 118 valence electrons. The van der Waals surface area contributed by atoms with Crippen molar-refractivity contribution in [2.75, 3.05) is 13.7 Å². The smallest absolute Gasteiger partial charge is 0.351 e. The minimum atomic E-state index is -0.626. The van der Waals surface area contributed by atoms with Gasteiger partial charge in [-0.15, -0.1) is 0 Å². The molecule has 0 amide bonds.